The lowest BCUT2D eigenvalue weighted by atomic mass is 9.93. The highest BCUT2D eigenvalue weighted by Crippen LogP contribution is 2.29. The van der Waals surface area contributed by atoms with Gasteiger partial charge in [-0.2, -0.15) is 0 Å². The van der Waals surface area contributed by atoms with Crippen molar-refractivity contribution in [3.05, 3.63) is 37.9 Å². The lowest BCUT2D eigenvalue weighted by molar-refractivity contribution is 0.571. The summed E-state index contributed by atoms with van der Waals surface area (Å²) >= 11 is 13.9. The Hall–Kier alpha value is -0.840. The molecule has 108 valence electrons. The summed E-state index contributed by atoms with van der Waals surface area (Å²) < 4.78 is 0. The topological polar surface area (TPSA) is 37.8 Å². The molecule has 0 aliphatic carbocycles. The van der Waals surface area contributed by atoms with Gasteiger partial charge in [-0.3, -0.25) is 0 Å². The van der Waals surface area contributed by atoms with Gasteiger partial charge in [-0.1, -0.05) is 44.0 Å². The fourth-order valence-electron chi connectivity index (χ4n) is 1.68. The maximum absolute atomic E-state index is 6.21. The van der Waals surface area contributed by atoms with Crippen LogP contribution in [0, 0.1) is 0 Å². The van der Waals surface area contributed by atoms with Crippen LogP contribution in [0.1, 0.15) is 37.2 Å². The minimum absolute atomic E-state index is 0.0576. The molecule has 2 heterocycles. The van der Waals surface area contributed by atoms with E-state index in [1.54, 1.807) is 24.5 Å². The number of nitrogens with one attached hydrogen (secondary N) is 1. The van der Waals surface area contributed by atoms with Crippen LogP contribution >= 0.6 is 34.5 Å². The van der Waals surface area contributed by atoms with Gasteiger partial charge in [0.2, 0.25) is 0 Å². The molecule has 0 saturated heterocycles. The second kappa shape index (κ2) is 5.88. The van der Waals surface area contributed by atoms with E-state index in [0.29, 0.717) is 22.3 Å². The number of hydrogen-bond acceptors (Lipinski definition) is 4. The van der Waals surface area contributed by atoms with E-state index in [-0.39, 0.29) is 5.41 Å². The first-order chi connectivity index (χ1) is 9.31. The highest BCUT2D eigenvalue weighted by molar-refractivity contribution is 7.09. The van der Waals surface area contributed by atoms with Crippen molar-refractivity contribution in [2.45, 2.75) is 32.6 Å². The number of thiazole rings is 1. The van der Waals surface area contributed by atoms with Gasteiger partial charge in [-0.05, 0) is 6.07 Å². The molecule has 6 heteroatoms. The highest BCUT2D eigenvalue weighted by atomic mass is 35.5. The van der Waals surface area contributed by atoms with Crippen LogP contribution in [0.3, 0.4) is 0 Å². The number of nitrogens with zero attached hydrogens (tertiary/aromatic N) is 2. The lowest BCUT2D eigenvalue weighted by Gasteiger charge is -2.14. The van der Waals surface area contributed by atoms with Crippen LogP contribution in [0.4, 0.5) is 5.82 Å². The van der Waals surface area contributed by atoms with Gasteiger partial charge < -0.3 is 5.32 Å². The van der Waals surface area contributed by atoms with Gasteiger partial charge in [-0.25, -0.2) is 9.97 Å². The van der Waals surface area contributed by atoms with Crippen LogP contribution in [0.5, 0.6) is 0 Å². The highest BCUT2D eigenvalue weighted by Gasteiger charge is 2.18. The third-order valence-corrected chi connectivity index (χ3v) is 4.34. The molecule has 0 spiro atoms. The standard InChI is InChI=1S/C14H17Cl2N3S/c1-14(2,3)11-7-20-12(19-11)6-10-8(15)5-9(16)13(17-4)18-10/h5,7H,6H2,1-4H3,(H,17,18). The molecule has 3 nitrogen and oxygen atoms in total. The Balaban J connectivity index is 2.28. The molecule has 20 heavy (non-hydrogen) atoms. The molecule has 0 radical (unpaired) electrons. The SMILES string of the molecule is CNc1nc(Cc2nc(C(C)(C)C)cs2)c(Cl)cc1Cl. The summed E-state index contributed by atoms with van der Waals surface area (Å²) in [6.07, 6.45) is 0.616. The van der Waals surface area contributed by atoms with Crippen molar-refractivity contribution in [3.8, 4) is 0 Å². The summed E-state index contributed by atoms with van der Waals surface area (Å²) in [5.74, 6) is 0.638. The van der Waals surface area contributed by atoms with Crippen LogP contribution in [-0.4, -0.2) is 17.0 Å². The molecular formula is C14H17Cl2N3S. The Morgan fingerprint density at radius 1 is 1.20 bits per heavy atom. The monoisotopic (exact) mass is 329 g/mol. The molecule has 2 aromatic heterocycles. The van der Waals surface area contributed by atoms with Gasteiger partial charge in [0.1, 0.15) is 5.82 Å². The van der Waals surface area contributed by atoms with Crippen molar-refractivity contribution >= 4 is 40.4 Å². The molecule has 0 bridgehead atoms. The van der Waals surface area contributed by atoms with E-state index in [2.05, 4.69) is 41.4 Å². The molecule has 0 saturated carbocycles. The third-order valence-electron chi connectivity index (χ3n) is 2.88. The number of pyridine rings is 1. The Bertz CT molecular complexity index is 617. The van der Waals surface area contributed by atoms with Crippen LogP contribution in [0.2, 0.25) is 10.0 Å². The number of aromatic nitrogens is 2. The number of rotatable bonds is 3. The lowest BCUT2D eigenvalue weighted by Crippen LogP contribution is -2.11. The van der Waals surface area contributed by atoms with Crippen molar-refractivity contribution in [2.24, 2.45) is 0 Å². The summed E-state index contributed by atoms with van der Waals surface area (Å²) in [4.78, 5) is 9.11. The van der Waals surface area contributed by atoms with E-state index in [1.165, 1.54) is 0 Å². The first-order valence-electron chi connectivity index (χ1n) is 6.29. The molecular weight excluding hydrogens is 313 g/mol. The second-order valence-corrected chi connectivity index (χ2v) is 7.31. The van der Waals surface area contributed by atoms with Crippen molar-refractivity contribution in [2.75, 3.05) is 12.4 Å². The normalized spacial score (nSPS) is 11.7. The molecule has 0 aliphatic rings. The van der Waals surface area contributed by atoms with E-state index >= 15 is 0 Å². The zero-order valence-corrected chi connectivity index (χ0v) is 14.2. The quantitative estimate of drug-likeness (QED) is 0.880. The van der Waals surface area contributed by atoms with Gasteiger partial charge in [0, 0.05) is 24.3 Å². The third kappa shape index (κ3) is 3.43. The fraction of sp³-hybridized carbons (Fsp3) is 0.429. The minimum atomic E-state index is 0.0576. The molecule has 1 N–H and O–H groups in total. The summed E-state index contributed by atoms with van der Waals surface area (Å²) in [5, 5.41) is 7.16. The van der Waals surface area contributed by atoms with Crippen LogP contribution in [0.15, 0.2) is 11.4 Å². The number of anilines is 1. The van der Waals surface area contributed by atoms with Gasteiger partial charge in [0.15, 0.2) is 0 Å². The predicted molar refractivity (Wildman–Crippen MR) is 87.4 cm³/mol. The smallest absolute Gasteiger partial charge is 0.144 e. The molecule has 0 fully saturated rings. The zero-order chi connectivity index (χ0) is 14.9. The maximum Gasteiger partial charge on any atom is 0.144 e. The first-order valence-corrected chi connectivity index (χ1v) is 7.92. The Kier molecular flexibility index (Phi) is 4.57. The molecule has 0 amide bonds. The summed E-state index contributed by atoms with van der Waals surface area (Å²) in [7, 11) is 1.78. The van der Waals surface area contributed by atoms with Gasteiger partial charge in [0.25, 0.3) is 0 Å². The molecule has 0 aliphatic heterocycles. The minimum Gasteiger partial charge on any atom is -0.372 e. The number of halogens is 2. The van der Waals surface area contributed by atoms with Gasteiger partial charge >= 0.3 is 0 Å². The molecule has 0 aromatic carbocycles. The molecule has 0 unspecified atom stereocenters. The molecule has 2 aromatic rings. The van der Waals surface area contributed by atoms with E-state index < -0.39 is 0 Å². The predicted octanol–water partition coefficient (Wildman–Crippen LogP) is 4.77. The largest absolute Gasteiger partial charge is 0.372 e. The van der Waals surface area contributed by atoms with Gasteiger partial charge in [0.05, 0.1) is 26.4 Å². The van der Waals surface area contributed by atoms with Crippen LogP contribution in [-0.2, 0) is 11.8 Å². The van der Waals surface area contributed by atoms with Crippen molar-refractivity contribution in [1.29, 1.82) is 0 Å². The molecule has 0 atom stereocenters. The van der Waals surface area contributed by atoms with Crippen LogP contribution in [0.25, 0.3) is 0 Å². The first kappa shape index (κ1) is 15.5. The Morgan fingerprint density at radius 3 is 2.45 bits per heavy atom. The van der Waals surface area contributed by atoms with E-state index in [1.807, 2.05) is 0 Å². The van der Waals surface area contributed by atoms with Crippen LogP contribution < -0.4 is 5.32 Å². The Labute approximate surface area is 133 Å². The van der Waals surface area contributed by atoms with Crippen molar-refractivity contribution < 1.29 is 0 Å². The van der Waals surface area contributed by atoms with Gasteiger partial charge in [-0.15, -0.1) is 11.3 Å². The van der Waals surface area contributed by atoms with Crippen molar-refractivity contribution in [1.82, 2.24) is 9.97 Å². The molecule has 2 rings (SSSR count). The van der Waals surface area contributed by atoms with E-state index in [0.717, 1.165) is 16.4 Å². The fourth-order valence-corrected chi connectivity index (χ4v) is 3.23. The Morgan fingerprint density at radius 2 is 1.90 bits per heavy atom. The van der Waals surface area contributed by atoms with Crippen molar-refractivity contribution in [3.63, 3.8) is 0 Å². The zero-order valence-electron chi connectivity index (χ0n) is 11.9. The maximum atomic E-state index is 6.21. The average molecular weight is 330 g/mol. The number of hydrogen-bond donors (Lipinski definition) is 1. The summed E-state index contributed by atoms with van der Waals surface area (Å²) in [6.45, 7) is 6.45. The summed E-state index contributed by atoms with van der Waals surface area (Å²) in [5.41, 5.74) is 1.94. The van der Waals surface area contributed by atoms with E-state index in [4.69, 9.17) is 23.2 Å². The second-order valence-electron chi connectivity index (χ2n) is 5.55. The summed E-state index contributed by atoms with van der Waals surface area (Å²) in [6, 6.07) is 1.72. The van der Waals surface area contributed by atoms with E-state index in [9.17, 15) is 0 Å². The average Bonchev–Trinajstić information content (AvgIpc) is 2.81.